The number of hydrogen-bond donors (Lipinski definition) is 0. The summed E-state index contributed by atoms with van der Waals surface area (Å²) in [5.41, 5.74) is 0.510. The molecule has 4 rings (SSSR count). The van der Waals surface area contributed by atoms with Crippen molar-refractivity contribution >= 4 is 7.60 Å². The lowest BCUT2D eigenvalue weighted by molar-refractivity contribution is -0.0982. The van der Waals surface area contributed by atoms with E-state index in [4.69, 9.17) is 9.05 Å². The van der Waals surface area contributed by atoms with Gasteiger partial charge in [0.1, 0.15) is 0 Å². The van der Waals surface area contributed by atoms with Crippen LogP contribution < -0.4 is 0 Å². The van der Waals surface area contributed by atoms with E-state index in [0.29, 0.717) is 11.3 Å². The first-order valence-corrected chi connectivity index (χ1v) is 13.8. The van der Waals surface area contributed by atoms with Gasteiger partial charge >= 0.3 is 7.60 Å². The minimum atomic E-state index is -3.27. The number of allylic oxidation sites excluding steroid dienone is 2. The van der Waals surface area contributed by atoms with Gasteiger partial charge in [-0.25, -0.2) is 0 Å². The van der Waals surface area contributed by atoms with Crippen LogP contribution in [0.5, 0.6) is 0 Å². The second kappa shape index (κ2) is 7.79. The second-order valence-electron chi connectivity index (χ2n) is 11.5. The van der Waals surface area contributed by atoms with E-state index in [0.717, 1.165) is 35.9 Å². The zero-order chi connectivity index (χ0) is 21.0. The summed E-state index contributed by atoms with van der Waals surface area (Å²) >= 11 is 0. The third-order valence-electron chi connectivity index (χ3n) is 9.12. The maximum atomic E-state index is 14.0. The van der Waals surface area contributed by atoms with Crippen LogP contribution in [-0.4, -0.2) is 12.2 Å². The van der Waals surface area contributed by atoms with Crippen molar-refractivity contribution in [2.75, 3.05) is 0 Å². The Labute approximate surface area is 178 Å². The average molecular weight is 423 g/mol. The largest absolute Gasteiger partial charge is 0.358 e. The molecule has 0 aromatic heterocycles. The van der Waals surface area contributed by atoms with Crippen molar-refractivity contribution in [1.82, 2.24) is 0 Å². The molecule has 3 fully saturated rings. The van der Waals surface area contributed by atoms with Crippen LogP contribution >= 0.6 is 7.60 Å². The fourth-order valence-corrected chi connectivity index (χ4v) is 10.6. The molecule has 0 aromatic carbocycles. The quantitative estimate of drug-likeness (QED) is 0.422. The molecule has 1 unspecified atom stereocenters. The predicted molar refractivity (Wildman–Crippen MR) is 120 cm³/mol. The van der Waals surface area contributed by atoms with Gasteiger partial charge in [-0.05, 0) is 102 Å². The highest BCUT2D eigenvalue weighted by atomic mass is 31.2. The normalized spacial score (nSPS) is 42.4. The fraction of sp³-hybridized carbons (Fsp3) is 0.920. The molecule has 3 saturated carbocycles. The number of fused-ring (bicyclic) bond motifs is 5. The summed E-state index contributed by atoms with van der Waals surface area (Å²) in [5.74, 6) is 3.17. The topological polar surface area (TPSA) is 35.5 Å². The SMILES string of the molecule is CC(C)OP(=O)(OC(C)C)C1=CC[C@H]2[C@@H]3CCC4CCCC[C@]4(C)[C@H]3CC[C@]12C. The van der Waals surface area contributed by atoms with Gasteiger partial charge in [-0.2, -0.15) is 0 Å². The van der Waals surface area contributed by atoms with Crippen molar-refractivity contribution in [3.05, 3.63) is 11.4 Å². The van der Waals surface area contributed by atoms with E-state index in [1.54, 1.807) is 0 Å². The second-order valence-corrected chi connectivity index (χ2v) is 13.4. The number of rotatable bonds is 5. The number of hydrogen-bond acceptors (Lipinski definition) is 3. The van der Waals surface area contributed by atoms with Crippen LogP contribution in [0.25, 0.3) is 0 Å². The lowest BCUT2D eigenvalue weighted by Crippen LogP contribution is -2.52. The molecule has 0 heterocycles. The highest BCUT2D eigenvalue weighted by Gasteiger charge is 2.60. The predicted octanol–water partition coefficient (Wildman–Crippen LogP) is 7.96. The van der Waals surface area contributed by atoms with Gasteiger partial charge in [-0.1, -0.05) is 32.8 Å². The van der Waals surface area contributed by atoms with Crippen LogP contribution in [0.2, 0.25) is 0 Å². The first-order chi connectivity index (χ1) is 13.6. The Hall–Kier alpha value is -0.110. The molecule has 0 radical (unpaired) electrons. The van der Waals surface area contributed by atoms with Crippen molar-refractivity contribution in [2.24, 2.45) is 34.5 Å². The van der Waals surface area contributed by atoms with Crippen molar-refractivity contribution in [2.45, 2.75) is 112 Å². The first-order valence-electron chi connectivity index (χ1n) is 12.3. The van der Waals surface area contributed by atoms with Crippen LogP contribution in [-0.2, 0) is 13.6 Å². The summed E-state index contributed by atoms with van der Waals surface area (Å²) in [5, 5.41) is 1.01. The molecule has 0 bridgehead atoms. The van der Waals surface area contributed by atoms with Gasteiger partial charge in [0.25, 0.3) is 0 Å². The van der Waals surface area contributed by atoms with E-state index in [1.165, 1.54) is 44.9 Å². The summed E-state index contributed by atoms with van der Waals surface area (Å²) in [6, 6.07) is 0. The van der Waals surface area contributed by atoms with Gasteiger partial charge in [0.2, 0.25) is 0 Å². The van der Waals surface area contributed by atoms with Crippen molar-refractivity contribution < 1.29 is 13.6 Å². The van der Waals surface area contributed by atoms with Crippen molar-refractivity contribution in [3.8, 4) is 0 Å². The van der Waals surface area contributed by atoms with Crippen LogP contribution in [0.3, 0.4) is 0 Å². The Kier molecular flexibility index (Phi) is 5.93. The molecule has 4 aliphatic rings. The van der Waals surface area contributed by atoms with Gasteiger partial charge in [0, 0.05) is 10.7 Å². The van der Waals surface area contributed by atoms with Crippen LogP contribution in [0.4, 0.5) is 0 Å². The fourth-order valence-electron chi connectivity index (χ4n) is 7.96. The Morgan fingerprint density at radius 3 is 2.28 bits per heavy atom. The first kappa shape index (κ1) is 22.1. The summed E-state index contributed by atoms with van der Waals surface area (Å²) in [6.45, 7) is 12.9. The average Bonchev–Trinajstić information content (AvgIpc) is 2.97. The van der Waals surface area contributed by atoms with E-state index in [9.17, 15) is 4.57 Å². The zero-order valence-electron chi connectivity index (χ0n) is 19.6. The summed E-state index contributed by atoms with van der Waals surface area (Å²) in [4.78, 5) is 0. The molecule has 0 spiro atoms. The third-order valence-corrected chi connectivity index (χ3v) is 11.8. The van der Waals surface area contributed by atoms with E-state index < -0.39 is 7.60 Å². The Morgan fingerprint density at radius 2 is 1.62 bits per heavy atom. The Bertz CT molecular complexity index is 684. The monoisotopic (exact) mass is 422 g/mol. The van der Waals surface area contributed by atoms with E-state index in [-0.39, 0.29) is 17.6 Å². The molecule has 4 heteroatoms. The highest BCUT2D eigenvalue weighted by molar-refractivity contribution is 7.58. The van der Waals surface area contributed by atoms with Gasteiger partial charge in [-0.3, -0.25) is 4.57 Å². The van der Waals surface area contributed by atoms with E-state index >= 15 is 0 Å². The molecular formula is C25H43O3P. The van der Waals surface area contributed by atoms with Gasteiger partial charge < -0.3 is 9.05 Å². The van der Waals surface area contributed by atoms with E-state index in [2.05, 4.69) is 19.9 Å². The molecule has 29 heavy (non-hydrogen) atoms. The van der Waals surface area contributed by atoms with Crippen LogP contribution in [0.15, 0.2) is 11.4 Å². The smallest absolute Gasteiger partial charge is 0.303 e. The minimum Gasteiger partial charge on any atom is -0.303 e. The van der Waals surface area contributed by atoms with Crippen molar-refractivity contribution in [1.29, 1.82) is 0 Å². The van der Waals surface area contributed by atoms with Crippen LogP contribution in [0, 0.1) is 34.5 Å². The maximum absolute atomic E-state index is 14.0. The van der Waals surface area contributed by atoms with E-state index in [1.807, 2.05) is 27.7 Å². The molecule has 3 nitrogen and oxygen atoms in total. The molecule has 4 aliphatic carbocycles. The Morgan fingerprint density at radius 1 is 0.931 bits per heavy atom. The highest BCUT2D eigenvalue weighted by Crippen LogP contribution is 2.73. The molecule has 0 aliphatic heterocycles. The summed E-state index contributed by atoms with van der Waals surface area (Å²) in [6.07, 6.45) is 14.0. The summed E-state index contributed by atoms with van der Waals surface area (Å²) in [7, 11) is -3.27. The molecule has 0 saturated heterocycles. The van der Waals surface area contributed by atoms with Crippen LogP contribution in [0.1, 0.15) is 99.3 Å². The molecule has 166 valence electrons. The van der Waals surface area contributed by atoms with Gasteiger partial charge in [-0.15, -0.1) is 0 Å². The Balaban J connectivity index is 1.62. The third kappa shape index (κ3) is 3.62. The minimum absolute atomic E-state index is 0.0294. The lowest BCUT2D eigenvalue weighted by atomic mass is 9.45. The lowest BCUT2D eigenvalue weighted by Gasteiger charge is -2.60. The standard InChI is InChI=1S/C25H43O3P/c1-17(2)27-29(26,28-18(3)4)23-13-12-21-20-11-10-19-9-7-8-15-24(19,5)22(20)14-16-25(21,23)6/h13,17-22H,7-12,14-16H2,1-6H3/t19?,20-,21-,22-,24-,25-/m0/s1. The van der Waals surface area contributed by atoms with Crippen molar-refractivity contribution in [3.63, 3.8) is 0 Å². The van der Waals surface area contributed by atoms with Gasteiger partial charge in [0.05, 0.1) is 12.2 Å². The maximum Gasteiger partial charge on any atom is 0.358 e. The molecule has 6 atom stereocenters. The summed E-state index contributed by atoms with van der Waals surface area (Å²) < 4.78 is 26.1. The molecule has 0 aromatic rings. The zero-order valence-corrected chi connectivity index (χ0v) is 20.5. The molecule has 0 amide bonds. The van der Waals surface area contributed by atoms with Gasteiger partial charge in [0.15, 0.2) is 0 Å². The molecular weight excluding hydrogens is 379 g/mol. The molecule has 0 N–H and O–H groups in total.